The first kappa shape index (κ1) is 16.1. The Labute approximate surface area is 120 Å². The minimum atomic E-state index is -1.03. The lowest BCUT2D eigenvalue weighted by Gasteiger charge is -2.18. The van der Waals surface area contributed by atoms with Crippen molar-refractivity contribution in [1.29, 1.82) is 0 Å². The summed E-state index contributed by atoms with van der Waals surface area (Å²) in [6.45, 7) is 3.61. The molecule has 1 N–H and O–H groups in total. The zero-order chi connectivity index (χ0) is 15.2. The van der Waals surface area contributed by atoms with Gasteiger partial charge in [-0.2, -0.15) is 0 Å². The Morgan fingerprint density at radius 3 is 2.65 bits per heavy atom. The maximum absolute atomic E-state index is 10.4. The van der Waals surface area contributed by atoms with E-state index in [4.69, 9.17) is 4.74 Å². The summed E-state index contributed by atoms with van der Waals surface area (Å²) in [4.78, 5) is 12.3. The Morgan fingerprint density at radius 2 is 2.10 bits per heavy atom. The average Bonchev–Trinajstić information content (AvgIpc) is 2.36. The van der Waals surface area contributed by atoms with Crippen molar-refractivity contribution in [3.8, 4) is 17.6 Å². The van der Waals surface area contributed by atoms with Gasteiger partial charge in [0.1, 0.15) is 17.6 Å². The molecule has 0 saturated heterocycles. The fourth-order valence-corrected chi connectivity index (χ4v) is 1.52. The summed E-state index contributed by atoms with van der Waals surface area (Å²) in [5.74, 6) is 6.36. The van der Waals surface area contributed by atoms with Crippen molar-refractivity contribution in [3.63, 3.8) is 0 Å². The molecule has 0 aliphatic carbocycles. The smallest absolute Gasteiger partial charge is 0.143 e. The summed E-state index contributed by atoms with van der Waals surface area (Å²) in [5.41, 5.74) is 0.655. The third-order valence-electron chi connectivity index (χ3n) is 2.45. The largest absolute Gasteiger partial charge is 0.491 e. The van der Waals surface area contributed by atoms with Crippen molar-refractivity contribution < 1.29 is 14.6 Å². The number of benzene rings is 1. The summed E-state index contributed by atoms with van der Waals surface area (Å²) in [6.07, 6.45) is 1.18. The number of carbonyl (C=O) groups excluding carboxylic acids is 1. The van der Waals surface area contributed by atoms with Gasteiger partial charge in [0.25, 0.3) is 0 Å². The summed E-state index contributed by atoms with van der Waals surface area (Å²) < 4.78 is 5.61. The first-order valence-corrected chi connectivity index (χ1v) is 6.47. The molecule has 0 amide bonds. The van der Waals surface area contributed by atoms with E-state index in [0.29, 0.717) is 18.8 Å². The van der Waals surface area contributed by atoms with Crippen LogP contribution in [0.2, 0.25) is 0 Å². The average molecular weight is 275 g/mol. The maximum Gasteiger partial charge on any atom is 0.143 e. The van der Waals surface area contributed by atoms with Gasteiger partial charge in [-0.3, -0.25) is 0 Å². The number of hydrogen-bond donors (Lipinski definition) is 1. The van der Waals surface area contributed by atoms with E-state index in [-0.39, 0.29) is 0 Å². The van der Waals surface area contributed by atoms with Crippen LogP contribution in [0.5, 0.6) is 5.75 Å². The molecule has 0 radical (unpaired) electrons. The van der Waals surface area contributed by atoms with Crippen molar-refractivity contribution in [2.24, 2.45) is 0 Å². The molecule has 0 unspecified atom stereocenters. The summed E-state index contributed by atoms with van der Waals surface area (Å²) in [6, 6.07) is 5.60. The van der Waals surface area contributed by atoms with E-state index in [1.165, 1.54) is 0 Å². The predicted molar refractivity (Wildman–Crippen MR) is 80.1 cm³/mol. The van der Waals surface area contributed by atoms with E-state index in [1.54, 1.807) is 13.8 Å². The standard InChI is InChI=1S/C16H21NO3/c1-16(2,19)9-8-13-6-7-14(17(3)4)15(12-13)20-11-5-10-18/h6-7,10,12,19H,5,11H2,1-4H3. The molecule has 0 saturated carbocycles. The number of nitrogens with zero attached hydrogens (tertiary/aromatic N) is 1. The quantitative estimate of drug-likeness (QED) is 0.506. The second kappa shape index (κ2) is 6.97. The molecule has 1 rings (SSSR count). The Morgan fingerprint density at radius 1 is 1.40 bits per heavy atom. The lowest BCUT2D eigenvalue weighted by Crippen LogP contribution is -2.14. The highest BCUT2D eigenvalue weighted by Crippen LogP contribution is 2.28. The van der Waals surface area contributed by atoms with Crippen LogP contribution in [0.3, 0.4) is 0 Å². The van der Waals surface area contributed by atoms with Gasteiger partial charge in [-0.05, 0) is 32.0 Å². The van der Waals surface area contributed by atoms with E-state index in [1.807, 2.05) is 37.2 Å². The molecule has 4 heteroatoms. The first-order valence-electron chi connectivity index (χ1n) is 6.47. The van der Waals surface area contributed by atoms with Crippen molar-refractivity contribution >= 4 is 12.0 Å². The number of hydrogen-bond acceptors (Lipinski definition) is 4. The van der Waals surface area contributed by atoms with Crippen molar-refractivity contribution in [1.82, 2.24) is 0 Å². The van der Waals surface area contributed by atoms with E-state index in [2.05, 4.69) is 11.8 Å². The molecule has 0 atom stereocenters. The molecule has 0 heterocycles. The van der Waals surface area contributed by atoms with Crippen LogP contribution in [0.4, 0.5) is 5.69 Å². The van der Waals surface area contributed by atoms with Gasteiger partial charge in [0.05, 0.1) is 12.3 Å². The normalized spacial score (nSPS) is 10.4. The highest BCUT2D eigenvalue weighted by Gasteiger charge is 2.08. The molecule has 108 valence electrons. The van der Waals surface area contributed by atoms with E-state index in [0.717, 1.165) is 17.5 Å². The van der Waals surface area contributed by atoms with Gasteiger partial charge < -0.3 is 19.5 Å². The van der Waals surface area contributed by atoms with Gasteiger partial charge in [-0.25, -0.2) is 0 Å². The van der Waals surface area contributed by atoms with Crippen LogP contribution in [-0.4, -0.2) is 37.7 Å². The van der Waals surface area contributed by atoms with Crippen molar-refractivity contribution in [2.75, 3.05) is 25.6 Å². The van der Waals surface area contributed by atoms with Gasteiger partial charge in [0.15, 0.2) is 0 Å². The lowest BCUT2D eigenvalue weighted by atomic mass is 10.1. The van der Waals surface area contributed by atoms with Crippen molar-refractivity contribution in [2.45, 2.75) is 25.9 Å². The predicted octanol–water partition coefficient (Wildman–Crippen LogP) is 1.84. The molecule has 20 heavy (non-hydrogen) atoms. The Hall–Kier alpha value is -1.99. The van der Waals surface area contributed by atoms with Gasteiger partial charge in [0.2, 0.25) is 0 Å². The van der Waals surface area contributed by atoms with Crippen LogP contribution < -0.4 is 9.64 Å². The molecule has 1 aromatic carbocycles. The monoisotopic (exact) mass is 275 g/mol. The molecule has 4 nitrogen and oxygen atoms in total. The lowest BCUT2D eigenvalue weighted by molar-refractivity contribution is -0.108. The minimum absolute atomic E-state index is 0.340. The minimum Gasteiger partial charge on any atom is -0.491 e. The van der Waals surface area contributed by atoms with Crippen LogP contribution in [0.25, 0.3) is 0 Å². The summed E-state index contributed by atoms with van der Waals surface area (Å²) in [5, 5.41) is 9.61. The number of aliphatic hydroxyl groups is 1. The second-order valence-corrected chi connectivity index (χ2v) is 5.19. The Balaban J connectivity index is 3.02. The number of rotatable bonds is 5. The maximum atomic E-state index is 10.4. The fraction of sp³-hybridized carbons (Fsp3) is 0.438. The van der Waals surface area contributed by atoms with Gasteiger partial charge in [-0.15, -0.1) is 0 Å². The van der Waals surface area contributed by atoms with Crippen LogP contribution in [0.1, 0.15) is 25.8 Å². The number of carbonyl (C=O) groups is 1. The van der Waals surface area contributed by atoms with Gasteiger partial charge in [0, 0.05) is 26.1 Å². The third-order valence-corrected chi connectivity index (χ3v) is 2.45. The molecule has 0 aliphatic heterocycles. The molecule has 0 spiro atoms. The summed E-state index contributed by atoms with van der Waals surface area (Å²) in [7, 11) is 3.84. The Bertz CT molecular complexity index is 519. The number of aldehydes is 1. The SMILES string of the molecule is CN(C)c1ccc(C#CC(C)(C)O)cc1OCCC=O. The molecule has 0 bridgehead atoms. The highest BCUT2D eigenvalue weighted by atomic mass is 16.5. The van der Waals surface area contributed by atoms with E-state index in [9.17, 15) is 9.90 Å². The molecule has 0 aliphatic rings. The van der Waals surface area contributed by atoms with Crippen molar-refractivity contribution in [3.05, 3.63) is 23.8 Å². The number of ether oxygens (including phenoxy) is 1. The van der Waals surface area contributed by atoms with Gasteiger partial charge >= 0.3 is 0 Å². The fourth-order valence-electron chi connectivity index (χ4n) is 1.52. The molecular weight excluding hydrogens is 254 g/mol. The van der Waals surface area contributed by atoms with Crippen LogP contribution in [-0.2, 0) is 4.79 Å². The van der Waals surface area contributed by atoms with Gasteiger partial charge in [-0.1, -0.05) is 11.8 Å². The first-order chi connectivity index (χ1) is 9.33. The van der Waals surface area contributed by atoms with Crippen LogP contribution >= 0.6 is 0 Å². The van der Waals surface area contributed by atoms with E-state index < -0.39 is 5.60 Å². The van der Waals surface area contributed by atoms with E-state index >= 15 is 0 Å². The molecule has 1 aromatic rings. The summed E-state index contributed by atoms with van der Waals surface area (Å²) >= 11 is 0. The zero-order valence-electron chi connectivity index (χ0n) is 12.4. The van der Waals surface area contributed by atoms with Crippen LogP contribution in [0, 0.1) is 11.8 Å². The Kier molecular flexibility index (Phi) is 5.60. The van der Waals surface area contributed by atoms with Crippen LogP contribution in [0.15, 0.2) is 18.2 Å². The highest BCUT2D eigenvalue weighted by molar-refractivity contribution is 5.61. The molecule has 0 aromatic heterocycles. The molecular formula is C16H21NO3. The third kappa shape index (κ3) is 5.33. The topological polar surface area (TPSA) is 49.8 Å². The zero-order valence-corrected chi connectivity index (χ0v) is 12.4. The second-order valence-electron chi connectivity index (χ2n) is 5.19. The number of anilines is 1. The molecule has 0 fully saturated rings.